The van der Waals surface area contributed by atoms with Crippen LogP contribution in [-0.4, -0.2) is 24.0 Å². The van der Waals surface area contributed by atoms with Crippen LogP contribution in [0, 0.1) is 0 Å². The average Bonchev–Trinajstić information content (AvgIpc) is 2.31. The number of hydrogen-bond donors (Lipinski definition) is 2. The fourth-order valence-electron chi connectivity index (χ4n) is 1.19. The van der Waals surface area contributed by atoms with Crippen molar-refractivity contribution in [3.8, 4) is 0 Å². The van der Waals surface area contributed by atoms with Crippen LogP contribution >= 0.6 is 23.2 Å². The van der Waals surface area contributed by atoms with Gasteiger partial charge in [-0.15, -0.1) is 5.10 Å². The minimum absolute atomic E-state index is 0.0792. The maximum absolute atomic E-state index is 10.9. The van der Waals surface area contributed by atoms with Gasteiger partial charge in [0.1, 0.15) is 0 Å². The van der Waals surface area contributed by atoms with E-state index in [2.05, 4.69) is 20.8 Å². The lowest BCUT2D eigenvalue weighted by molar-refractivity contribution is -0.117. The molecule has 106 valence electrons. The van der Waals surface area contributed by atoms with Crippen molar-refractivity contribution in [2.75, 3.05) is 0 Å². The van der Waals surface area contributed by atoms with Gasteiger partial charge in [-0.3, -0.25) is 20.2 Å². The van der Waals surface area contributed by atoms with E-state index in [4.69, 9.17) is 23.2 Å². The highest BCUT2D eigenvalue weighted by molar-refractivity contribution is 6.38. The highest BCUT2D eigenvalue weighted by Gasteiger charge is 2.04. The molecule has 1 aromatic rings. The summed E-state index contributed by atoms with van der Waals surface area (Å²) in [4.78, 5) is 21.9. The van der Waals surface area contributed by atoms with Crippen LogP contribution < -0.4 is 10.6 Å². The summed E-state index contributed by atoms with van der Waals surface area (Å²) < 4.78 is 0. The lowest BCUT2D eigenvalue weighted by atomic mass is 10.2. The van der Waals surface area contributed by atoms with Gasteiger partial charge >= 0.3 is 0 Å². The Hall–Kier alpha value is -1.92. The number of amides is 2. The van der Waals surface area contributed by atoms with Crippen LogP contribution in [0.2, 0.25) is 10.0 Å². The van der Waals surface area contributed by atoms with Gasteiger partial charge in [0.2, 0.25) is 17.8 Å². The number of carbonyl (C=O) groups excluding carboxylic acids is 2. The number of guanidine groups is 1. The van der Waals surface area contributed by atoms with Crippen LogP contribution in [0.3, 0.4) is 0 Å². The largest absolute Gasteiger partial charge is 0.295 e. The Balaban J connectivity index is 2.93. The summed E-state index contributed by atoms with van der Waals surface area (Å²) in [6.45, 7) is 2.57. The molecule has 0 heterocycles. The fraction of sp³-hybridized carbons (Fsp3) is 0.167. The molecule has 0 unspecified atom stereocenters. The van der Waals surface area contributed by atoms with Gasteiger partial charge in [-0.1, -0.05) is 29.3 Å². The van der Waals surface area contributed by atoms with E-state index >= 15 is 0 Å². The van der Waals surface area contributed by atoms with E-state index in [0.717, 1.165) is 0 Å². The Kier molecular flexibility index (Phi) is 6.14. The van der Waals surface area contributed by atoms with Gasteiger partial charge in [0.05, 0.1) is 16.3 Å². The molecule has 0 saturated heterocycles. The highest BCUT2D eigenvalue weighted by Crippen LogP contribution is 2.22. The van der Waals surface area contributed by atoms with Crippen LogP contribution in [0.4, 0.5) is 0 Å². The monoisotopic (exact) mass is 314 g/mol. The first kappa shape index (κ1) is 16.1. The summed E-state index contributed by atoms with van der Waals surface area (Å²) in [5.41, 5.74) is 0.490. The summed E-state index contributed by atoms with van der Waals surface area (Å²) >= 11 is 11.9. The van der Waals surface area contributed by atoms with Gasteiger partial charge in [-0.25, -0.2) is 0 Å². The SMILES string of the molecule is CC(=O)NC(=N/N=C/c1c(Cl)cccc1Cl)NC(C)=O. The molecular formula is C12H12Cl2N4O2. The zero-order valence-electron chi connectivity index (χ0n) is 10.8. The third-order valence-electron chi connectivity index (χ3n) is 1.93. The lowest BCUT2D eigenvalue weighted by Gasteiger charge is -2.04. The Morgan fingerprint density at radius 2 is 1.60 bits per heavy atom. The molecule has 0 radical (unpaired) electrons. The smallest absolute Gasteiger partial charge is 0.229 e. The minimum atomic E-state index is -0.386. The van der Waals surface area contributed by atoms with Crippen LogP contribution in [0.5, 0.6) is 0 Å². The van der Waals surface area contributed by atoms with Crippen LogP contribution in [-0.2, 0) is 9.59 Å². The molecule has 2 N–H and O–H groups in total. The molecule has 0 atom stereocenters. The molecule has 0 aliphatic heterocycles. The first-order chi connectivity index (χ1) is 9.40. The molecule has 6 nitrogen and oxygen atoms in total. The Bertz CT molecular complexity index is 547. The first-order valence-electron chi connectivity index (χ1n) is 5.50. The van der Waals surface area contributed by atoms with Gasteiger partial charge in [0, 0.05) is 19.4 Å². The predicted octanol–water partition coefficient (Wildman–Crippen LogP) is 1.96. The maximum Gasteiger partial charge on any atom is 0.229 e. The quantitative estimate of drug-likeness (QED) is 0.497. The molecule has 8 heteroatoms. The van der Waals surface area contributed by atoms with E-state index in [1.54, 1.807) is 18.2 Å². The van der Waals surface area contributed by atoms with Crippen molar-refractivity contribution >= 4 is 47.2 Å². The number of carbonyl (C=O) groups is 2. The maximum atomic E-state index is 10.9. The Labute approximate surface area is 125 Å². The lowest BCUT2D eigenvalue weighted by Crippen LogP contribution is -2.41. The summed E-state index contributed by atoms with van der Waals surface area (Å²) in [6, 6.07) is 5.01. The molecule has 0 aromatic heterocycles. The number of rotatable bonds is 2. The van der Waals surface area contributed by atoms with Gasteiger partial charge in [-0.2, -0.15) is 5.10 Å². The van der Waals surface area contributed by atoms with Gasteiger partial charge in [0.25, 0.3) is 0 Å². The van der Waals surface area contributed by atoms with E-state index in [1.807, 2.05) is 0 Å². The zero-order chi connectivity index (χ0) is 15.1. The molecule has 0 aliphatic carbocycles. The summed E-state index contributed by atoms with van der Waals surface area (Å²) in [5.74, 6) is -0.851. The summed E-state index contributed by atoms with van der Waals surface area (Å²) in [7, 11) is 0. The van der Waals surface area contributed by atoms with Gasteiger partial charge in [-0.05, 0) is 12.1 Å². The third kappa shape index (κ3) is 5.38. The van der Waals surface area contributed by atoms with Crippen LogP contribution in [0.15, 0.2) is 28.4 Å². The molecular weight excluding hydrogens is 303 g/mol. The van der Waals surface area contributed by atoms with Crippen molar-refractivity contribution in [2.24, 2.45) is 10.2 Å². The molecule has 0 bridgehead atoms. The molecule has 0 fully saturated rings. The summed E-state index contributed by atoms with van der Waals surface area (Å²) in [6.07, 6.45) is 1.33. The fourth-order valence-corrected chi connectivity index (χ4v) is 1.69. The van der Waals surface area contributed by atoms with Crippen LogP contribution in [0.1, 0.15) is 19.4 Å². The van der Waals surface area contributed by atoms with Gasteiger partial charge < -0.3 is 0 Å². The standard InChI is InChI=1S/C12H12Cl2N4O2/c1-7(19)16-12(17-8(2)20)18-15-6-9-10(13)4-3-5-11(9)14/h3-6H,1-2H3,(H2,16,17,18,19,20)/b15-6+. The second-order valence-electron chi connectivity index (χ2n) is 3.69. The van der Waals surface area contributed by atoms with E-state index in [0.29, 0.717) is 15.6 Å². The zero-order valence-corrected chi connectivity index (χ0v) is 12.3. The number of nitrogens with zero attached hydrogens (tertiary/aromatic N) is 2. The number of nitrogens with one attached hydrogen (secondary N) is 2. The number of halogens is 2. The number of benzene rings is 1. The van der Waals surface area contributed by atoms with E-state index in [1.165, 1.54) is 20.1 Å². The second kappa shape index (κ2) is 7.62. The topological polar surface area (TPSA) is 82.9 Å². The van der Waals surface area contributed by atoms with E-state index in [-0.39, 0.29) is 17.8 Å². The van der Waals surface area contributed by atoms with Crippen molar-refractivity contribution in [3.05, 3.63) is 33.8 Å². The molecule has 2 amide bonds. The first-order valence-corrected chi connectivity index (χ1v) is 6.26. The number of hydrogen-bond acceptors (Lipinski definition) is 4. The third-order valence-corrected chi connectivity index (χ3v) is 2.59. The van der Waals surface area contributed by atoms with Gasteiger partial charge in [0.15, 0.2) is 0 Å². The molecule has 20 heavy (non-hydrogen) atoms. The Morgan fingerprint density at radius 1 is 1.10 bits per heavy atom. The van der Waals surface area contributed by atoms with Crippen molar-refractivity contribution in [1.82, 2.24) is 10.6 Å². The van der Waals surface area contributed by atoms with Crippen LogP contribution in [0.25, 0.3) is 0 Å². The van der Waals surface area contributed by atoms with E-state index < -0.39 is 0 Å². The second-order valence-corrected chi connectivity index (χ2v) is 4.51. The van der Waals surface area contributed by atoms with Crippen molar-refractivity contribution in [3.63, 3.8) is 0 Å². The molecule has 0 saturated carbocycles. The Morgan fingerprint density at radius 3 is 2.05 bits per heavy atom. The van der Waals surface area contributed by atoms with Crippen molar-refractivity contribution in [2.45, 2.75) is 13.8 Å². The summed E-state index contributed by atoms with van der Waals surface area (Å²) in [5, 5.41) is 12.9. The molecule has 0 spiro atoms. The minimum Gasteiger partial charge on any atom is -0.295 e. The molecule has 1 rings (SSSR count). The highest BCUT2D eigenvalue weighted by atomic mass is 35.5. The molecule has 0 aliphatic rings. The predicted molar refractivity (Wildman–Crippen MR) is 79.1 cm³/mol. The van der Waals surface area contributed by atoms with Crippen molar-refractivity contribution < 1.29 is 9.59 Å². The average molecular weight is 315 g/mol. The molecule has 1 aromatic carbocycles. The normalized spacial score (nSPS) is 10.2. The van der Waals surface area contributed by atoms with E-state index in [9.17, 15) is 9.59 Å². The van der Waals surface area contributed by atoms with Crippen molar-refractivity contribution in [1.29, 1.82) is 0 Å².